The zero-order valence-electron chi connectivity index (χ0n) is 18.8. The Labute approximate surface area is 214 Å². The second-order valence-corrected chi connectivity index (χ2v) is 9.80. The molecule has 180 valence electrons. The van der Waals surface area contributed by atoms with Crippen LogP contribution in [0.15, 0.2) is 24.5 Å². The van der Waals surface area contributed by atoms with Gasteiger partial charge in [0, 0.05) is 36.2 Å². The summed E-state index contributed by atoms with van der Waals surface area (Å²) in [6, 6.07) is 3.44. The van der Waals surface area contributed by atoms with Crippen LogP contribution in [0.5, 0.6) is 5.75 Å². The monoisotopic (exact) mass is 530 g/mol. The van der Waals surface area contributed by atoms with Gasteiger partial charge in [0.15, 0.2) is 20.8 Å². The number of carbonyl (C=O) groups excluding carboxylic acids is 1. The number of pyridine rings is 2. The molecule has 1 aliphatic rings. The molecule has 9 nitrogen and oxygen atoms in total. The van der Waals surface area contributed by atoms with Crippen molar-refractivity contribution < 1.29 is 14.3 Å². The fourth-order valence-corrected chi connectivity index (χ4v) is 5.05. The van der Waals surface area contributed by atoms with E-state index in [0.717, 1.165) is 18.7 Å². The maximum absolute atomic E-state index is 13.3. The van der Waals surface area contributed by atoms with Gasteiger partial charge in [0.1, 0.15) is 10.9 Å². The van der Waals surface area contributed by atoms with Crippen molar-refractivity contribution in [1.29, 1.82) is 0 Å². The first-order valence-electron chi connectivity index (χ1n) is 10.8. The first-order chi connectivity index (χ1) is 16.9. The predicted molar refractivity (Wildman–Crippen MR) is 135 cm³/mol. The number of thiazole rings is 1. The Morgan fingerprint density at radius 2 is 2.06 bits per heavy atom. The van der Waals surface area contributed by atoms with Gasteiger partial charge in [0.2, 0.25) is 0 Å². The molecule has 4 aromatic heterocycles. The number of anilines is 1. The molecule has 5 heterocycles. The average Bonchev–Trinajstić information content (AvgIpc) is 3.48. The summed E-state index contributed by atoms with van der Waals surface area (Å²) in [5, 5.41) is 3.79. The number of hydrogen-bond acceptors (Lipinski definition) is 9. The highest BCUT2D eigenvalue weighted by molar-refractivity contribution is 7.21. The van der Waals surface area contributed by atoms with Crippen LogP contribution in [0.25, 0.3) is 21.6 Å². The van der Waals surface area contributed by atoms with E-state index in [0.29, 0.717) is 67.8 Å². The molecule has 0 spiro atoms. The Kier molecular flexibility index (Phi) is 6.79. The smallest absolute Gasteiger partial charge is 0.259 e. The number of rotatable bonds is 6. The van der Waals surface area contributed by atoms with Crippen molar-refractivity contribution >= 4 is 56.1 Å². The summed E-state index contributed by atoms with van der Waals surface area (Å²) in [4.78, 5) is 35.7. The fourth-order valence-electron chi connectivity index (χ4n) is 3.90. The molecular formula is C23H20Cl2N6O3S. The standard InChI is InChI=1S/C23H20Cl2N6O3S/c1-11-5-13(14-7-18(24)27-9-17(14)33-2)15(8-26-11)21(32)31-23-30-20-22(35-23)28-16(19(25)29-20)6-12-3-4-34-10-12/h5,7-9,12H,3-4,6,10H2,1-2H3,(H,29,30,31,32). The molecule has 5 rings (SSSR count). The molecule has 1 N–H and O–H groups in total. The minimum atomic E-state index is -0.393. The van der Waals surface area contributed by atoms with Gasteiger partial charge in [0.05, 0.1) is 24.6 Å². The Bertz CT molecular complexity index is 1420. The highest BCUT2D eigenvalue weighted by Crippen LogP contribution is 2.35. The molecule has 0 bridgehead atoms. The summed E-state index contributed by atoms with van der Waals surface area (Å²) in [6.07, 6.45) is 4.69. The predicted octanol–water partition coefficient (Wildman–Crippen LogP) is 5.00. The summed E-state index contributed by atoms with van der Waals surface area (Å²) < 4.78 is 10.9. The third-order valence-corrected chi connectivity index (χ3v) is 6.99. The largest absolute Gasteiger partial charge is 0.494 e. The van der Waals surface area contributed by atoms with Gasteiger partial charge in [0.25, 0.3) is 5.91 Å². The zero-order valence-corrected chi connectivity index (χ0v) is 21.2. The number of halogens is 2. The van der Waals surface area contributed by atoms with E-state index in [4.69, 9.17) is 32.7 Å². The van der Waals surface area contributed by atoms with Crippen LogP contribution in [-0.4, -0.2) is 51.2 Å². The lowest BCUT2D eigenvalue weighted by molar-refractivity contribution is 0.102. The number of hydrogen-bond donors (Lipinski definition) is 1. The number of nitrogens with zero attached hydrogens (tertiary/aromatic N) is 5. The lowest BCUT2D eigenvalue weighted by atomic mass is 10.0. The van der Waals surface area contributed by atoms with E-state index < -0.39 is 5.91 Å². The number of ether oxygens (including phenoxy) is 2. The van der Waals surface area contributed by atoms with Crippen LogP contribution in [0.1, 0.15) is 28.2 Å². The number of aryl methyl sites for hydroxylation is 1. The van der Waals surface area contributed by atoms with Crippen molar-refractivity contribution in [2.45, 2.75) is 19.8 Å². The number of aromatic nitrogens is 5. The lowest BCUT2D eigenvalue weighted by Gasteiger charge is -2.13. The van der Waals surface area contributed by atoms with Crippen LogP contribution < -0.4 is 10.1 Å². The third-order valence-electron chi connectivity index (χ3n) is 5.63. The average molecular weight is 531 g/mol. The molecule has 12 heteroatoms. The molecule has 1 saturated heterocycles. The van der Waals surface area contributed by atoms with Crippen molar-refractivity contribution in [1.82, 2.24) is 24.9 Å². The number of fused-ring (bicyclic) bond motifs is 1. The molecule has 0 radical (unpaired) electrons. The van der Waals surface area contributed by atoms with Crippen LogP contribution in [0.2, 0.25) is 10.3 Å². The minimum Gasteiger partial charge on any atom is -0.494 e. The molecule has 1 unspecified atom stereocenters. The lowest BCUT2D eigenvalue weighted by Crippen LogP contribution is -2.14. The summed E-state index contributed by atoms with van der Waals surface area (Å²) in [5.41, 5.74) is 3.39. The highest BCUT2D eigenvalue weighted by atomic mass is 35.5. The van der Waals surface area contributed by atoms with Gasteiger partial charge in [-0.25, -0.2) is 15.0 Å². The molecule has 0 saturated carbocycles. The van der Waals surface area contributed by atoms with Crippen molar-refractivity contribution in [2.75, 3.05) is 25.6 Å². The first-order valence-corrected chi connectivity index (χ1v) is 12.4. The van der Waals surface area contributed by atoms with E-state index in [1.54, 1.807) is 12.1 Å². The van der Waals surface area contributed by atoms with Crippen LogP contribution in [0.3, 0.4) is 0 Å². The Balaban J connectivity index is 1.45. The van der Waals surface area contributed by atoms with Gasteiger partial charge >= 0.3 is 0 Å². The Hall–Kier alpha value is -2.92. The van der Waals surface area contributed by atoms with E-state index in [2.05, 4.69) is 30.2 Å². The third kappa shape index (κ3) is 5.06. The summed E-state index contributed by atoms with van der Waals surface area (Å²) in [7, 11) is 1.53. The maximum atomic E-state index is 13.3. The quantitative estimate of drug-likeness (QED) is 0.346. The Morgan fingerprint density at radius 3 is 2.83 bits per heavy atom. The molecule has 1 amide bonds. The normalized spacial score (nSPS) is 15.5. The number of methoxy groups -OCH3 is 1. The van der Waals surface area contributed by atoms with Crippen LogP contribution in [-0.2, 0) is 11.2 Å². The fraction of sp³-hybridized carbons (Fsp3) is 0.304. The van der Waals surface area contributed by atoms with E-state index in [1.165, 1.54) is 30.8 Å². The minimum absolute atomic E-state index is 0.279. The van der Waals surface area contributed by atoms with Crippen molar-refractivity contribution in [3.63, 3.8) is 0 Å². The van der Waals surface area contributed by atoms with Gasteiger partial charge in [-0.2, -0.15) is 4.98 Å². The number of amides is 1. The summed E-state index contributed by atoms with van der Waals surface area (Å²) >= 11 is 13.7. The van der Waals surface area contributed by atoms with Crippen LogP contribution in [0.4, 0.5) is 5.13 Å². The molecule has 1 fully saturated rings. The number of nitrogens with one attached hydrogen (secondary N) is 1. The van der Waals surface area contributed by atoms with E-state index in [-0.39, 0.29) is 5.15 Å². The van der Waals surface area contributed by atoms with Gasteiger partial charge in [-0.15, -0.1) is 0 Å². The zero-order chi connectivity index (χ0) is 24.5. The SMILES string of the molecule is COc1cnc(Cl)cc1-c1cc(C)ncc1C(=O)Nc1nc2nc(Cl)c(CC3CCOC3)nc2s1. The summed E-state index contributed by atoms with van der Waals surface area (Å²) in [5.74, 6) is 0.464. The van der Waals surface area contributed by atoms with Crippen molar-refractivity contribution in [3.8, 4) is 16.9 Å². The topological polar surface area (TPSA) is 112 Å². The van der Waals surface area contributed by atoms with E-state index in [1.807, 2.05) is 6.92 Å². The van der Waals surface area contributed by atoms with Gasteiger partial charge in [-0.05, 0) is 37.8 Å². The van der Waals surface area contributed by atoms with Gasteiger partial charge in [-0.3, -0.25) is 15.1 Å². The molecule has 1 atom stereocenters. The highest BCUT2D eigenvalue weighted by Gasteiger charge is 2.22. The maximum Gasteiger partial charge on any atom is 0.259 e. The molecule has 35 heavy (non-hydrogen) atoms. The molecule has 0 aliphatic carbocycles. The first kappa shape index (κ1) is 23.8. The van der Waals surface area contributed by atoms with E-state index >= 15 is 0 Å². The molecular weight excluding hydrogens is 511 g/mol. The Morgan fingerprint density at radius 1 is 1.20 bits per heavy atom. The van der Waals surface area contributed by atoms with Gasteiger partial charge < -0.3 is 9.47 Å². The molecule has 4 aromatic rings. The molecule has 1 aliphatic heterocycles. The second kappa shape index (κ2) is 9.98. The van der Waals surface area contributed by atoms with Crippen molar-refractivity contribution in [2.24, 2.45) is 5.92 Å². The van der Waals surface area contributed by atoms with Gasteiger partial charge in [-0.1, -0.05) is 34.5 Å². The molecule has 0 aromatic carbocycles. The van der Waals surface area contributed by atoms with Crippen LogP contribution in [0, 0.1) is 12.8 Å². The van der Waals surface area contributed by atoms with E-state index in [9.17, 15) is 4.79 Å². The second-order valence-electron chi connectivity index (χ2n) is 8.08. The van der Waals surface area contributed by atoms with Crippen LogP contribution >= 0.6 is 34.5 Å². The summed E-state index contributed by atoms with van der Waals surface area (Å²) in [6.45, 7) is 3.28. The number of carbonyl (C=O) groups is 1. The van der Waals surface area contributed by atoms with Crippen molar-refractivity contribution in [3.05, 3.63) is 51.8 Å².